The van der Waals surface area contributed by atoms with Crippen molar-refractivity contribution < 1.29 is 18.0 Å². The summed E-state index contributed by atoms with van der Waals surface area (Å²) in [6.07, 6.45) is -3.53. The van der Waals surface area contributed by atoms with Crippen molar-refractivity contribution in [2.75, 3.05) is 69.2 Å². The molecule has 172 valence electrons. The highest BCUT2D eigenvalue weighted by atomic mass is 19.4. The van der Waals surface area contributed by atoms with Gasteiger partial charge < -0.3 is 19.6 Å². The molecule has 0 bridgehead atoms. The molecule has 2 aromatic heterocycles. The first-order valence-corrected chi connectivity index (χ1v) is 10.6. The Labute approximate surface area is 184 Å². The molecule has 2 aliphatic rings. The van der Waals surface area contributed by atoms with Gasteiger partial charge in [0.05, 0.1) is 5.56 Å². The molecule has 0 spiro atoms. The second-order valence-corrected chi connectivity index (χ2v) is 8.17. The molecule has 2 saturated heterocycles. The lowest BCUT2D eigenvalue weighted by molar-refractivity contribution is -0.141. The quantitative estimate of drug-likeness (QED) is 0.709. The molecular weight excluding hydrogens is 423 g/mol. The fraction of sp³-hybridized carbons (Fsp3) is 0.524. The highest BCUT2D eigenvalue weighted by molar-refractivity contribution is 5.94. The van der Waals surface area contributed by atoms with Crippen molar-refractivity contribution in [3.05, 3.63) is 41.3 Å². The number of halogens is 3. The molecule has 32 heavy (non-hydrogen) atoms. The minimum Gasteiger partial charge on any atom is -0.354 e. The number of amides is 1. The summed E-state index contributed by atoms with van der Waals surface area (Å²) in [4.78, 5) is 33.6. The highest BCUT2D eigenvalue weighted by Crippen LogP contribution is 2.27. The van der Waals surface area contributed by atoms with Crippen molar-refractivity contribution in [3.63, 3.8) is 0 Å². The van der Waals surface area contributed by atoms with E-state index in [-0.39, 0.29) is 11.5 Å². The summed E-state index contributed by atoms with van der Waals surface area (Å²) in [5, 5.41) is 0. The van der Waals surface area contributed by atoms with Gasteiger partial charge in [0.1, 0.15) is 11.5 Å². The molecule has 0 aliphatic carbocycles. The van der Waals surface area contributed by atoms with Gasteiger partial charge in [0.2, 0.25) is 5.95 Å². The Balaban J connectivity index is 1.40. The van der Waals surface area contributed by atoms with E-state index in [1.807, 2.05) is 17.9 Å². The van der Waals surface area contributed by atoms with E-state index >= 15 is 0 Å². The molecule has 0 aromatic carbocycles. The van der Waals surface area contributed by atoms with E-state index < -0.39 is 11.9 Å². The number of pyridine rings is 1. The fourth-order valence-electron chi connectivity index (χ4n) is 3.86. The van der Waals surface area contributed by atoms with Crippen LogP contribution in [0.2, 0.25) is 0 Å². The van der Waals surface area contributed by atoms with E-state index in [2.05, 4.69) is 26.8 Å². The standard InChI is InChI=1S/C21H26F3N7O/c1-15-13-18(29-7-5-28(2)6-8-29)27-20(26-15)31-11-9-30(10-12-31)19(32)16-3-4-17(25-14-16)21(22,23)24/h3-4,13-14H,5-12H2,1-2H3. The molecule has 11 heteroatoms. The zero-order chi connectivity index (χ0) is 22.9. The van der Waals surface area contributed by atoms with Gasteiger partial charge in [0.15, 0.2) is 0 Å². The van der Waals surface area contributed by atoms with Gasteiger partial charge in [-0.2, -0.15) is 18.2 Å². The fourth-order valence-corrected chi connectivity index (χ4v) is 3.86. The Morgan fingerprint density at radius 1 is 0.938 bits per heavy atom. The second kappa shape index (κ2) is 8.89. The first-order valence-electron chi connectivity index (χ1n) is 10.6. The summed E-state index contributed by atoms with van der Waals surface area (Å²) >= 11 is 0. The lowest BCUT2D eigenvalue weighted by Gasteiger charge is -2.36. The summed E-state index contributed by atoms with van der Waals surface area (Å²) in [6.45, 7) is 7.70. The highest BCUT2D eigenvalue weighted by Gasteiger charge is 2.33. The number of carbonyl (C=O) groups excluding carboxylic acids is 1. The van der Waals surface area contributed by atoms with Gasteiger partial charge in [-0.25, -0.2) is 4.98 Å². The van der Waals surface area contributed by atoms with Crippen LogP contribution in [0.5, 0.6) is 0 Å². The van der Waals surface area contributed by atoms with E-state index in [1.165, 1.54) is 6.07 Å². The van der Waals surface area contributed by atoms with Crippen molar-refractivity contribution in [3.8, 4) is 0 Å². The van der Waals surface area contributed by atoms with Crippen molar-refractivity contribution in [1.29, 1.82) is 0 Å². The molecular formula is C21H26F3N7O. The third kappa shape index (κ3) is 4.93. The summed E-state index contributed by atoms with van der Waals surface area (Å²) in [6, 6.07) is 4.01. The van der Waals surface area contributed by atoms with Crippen molar-refractivity contribution in [2.45, 2.75) is 13.1 Å². The SMILES string of the molecule is Cc1cc(N2CCN(C)CC2)nc(N2CCN(C(=O)c3ccc(C(F)(F)F)nc3)CC2)n1. The van der Waals surface area contributed by atoms with Crippen LogP contribution >= 0.6 is 0 Å². The Morgan fingerprint density at radius 3 is 2.19 bits per heavy atom. The smallest absolute Gasteiger partial charge is 0.354 e. The Morgan fingerprint density at radius 2 is 1.59 bits per heavy atom. The van der Waals surface area contributed by atoms with E-state index in [4.69, 9.17) is 4.98 Å². The van der Waals surface area contributed by atoms with Crippen LogP contribution in [0.1, 0.15) is 21.7 Å². The largest absolute Gasteiger partial charge is 0.433 e. The van der Waals surface area contributed by atoms with Gasteiger partial charge in [-0.3, -0.25) is 9.78 Å². The molecule has 4 rings (SSSR count). The molecule has 0 saturated carbocycles. The molecule has 2 aromatic rings. The molecule has 1 amide bonds. The zero-order valence-electron chi connectivity index (χ0n) is 18.1. The normalized spacial score (nSPS) is 18.2. The monoisotopic (exact) mass is 449 g/mol. The maximum absolute atomic E-state index is 12.7. The number of hydrogen-bond donors (Lipinski definition) is 0. The minimum absolute atomic E-state index is 0.149. The third-order valence-electron chi connectivity index (χ3n) is 5.81. The summed E-state index contributed by atoms with van der Waals surface area (Å²) < 4.78 is 38.1. The van der Waals surface area contributed by atoms with Crippen LogP contribution in [0.25, 0.3) is 0 Å². The molecule has 2 aliphatic heterocycles. The number of anilines is 2. The Kier molecular flexibility index (Phi) is 6.18. The number of piperazine rings is 2. The lowest BCUT2D eigenvalue weighted by atomic mass is 10.2. The number of carbonyl (C=O) groups is 1. The topological polar surface area (TPSA) is 68.7 Å². The third-order valence-corrected chi connectivity index (χ3v) is 5.81. The summed E-state index contributed by atoms with van der Waals surface area (Å²) in [5.74, 6) is 1.23. The van der Waals surface area contributed by atoms with Crippen LogP contribution < -0.4 is 9.80 Å². The van der Waals surface area contributed by atoms with Crippen LogP contribution in [0.3, 0.4) is 0 Å². The molecule has 8 nitrogen and oxygen atoms in total. The van der Waals surface area contributed by atoms with Crippen molar-refractivity contribution in [2.24, 2.45) is 0 Å². The number of likely N-dealkylation sites (N-methyl/N-ethyl adjacent to an activating group) is 1. The van der Waals surface area contributed by atoms with Gasteiger partial charge in [-0.1, -0.05) is 0 Å². The minimum atomic E-state index is -4.52. The summed E-state index contributed by atoms with van der Waals surface area (Å²) in [5.41, 5.74) is 0.0282. The maximum Gasteiger partial charge on any atom is 0.433 e. The first kappa shape index (κ1) is 22.3. The molecule has 0 unspecified atom stereocenters. The number of hydrogen-bond acceptors (Lipinski definition) is 7. The van der Waals surface area contributed by atoms with Crippen LogP contribution in [-0.4, -0.2) is 90.1 Å². The number of aromatic nitrogens is 3. The maximum atomic E-state index is 12.7. The van der Waals surface area contributed by atoms with E-state index in [9.17, 15) is 18.0 Å². The number of alkyl halides is 3. The predicted octanol–water partition coefficient (Wildman–Crippen LogP) is 1.91. The number of aryl methyl sites for hydroxylation is 1. The Hall–Kier alpha value is -2.95. The van der Waals surface area contributed by atoms with Gasteiger partial charge in [0, 0.05) is 70.3 Å². The van der Waals surface area contributed by atoms with Crippen molar-refractivity contribution in [1.82, 2.24) is 24.8 Å². The van der Waals surface area contributed by atoms with Crippen LogP contribution in [-0.2, 0) is 6.18 Å². The zero-order valence-corrected chi connectivity index (χ0v) is 18.1. The molecule has 0 radical (unpaired) electrons. The van der Waals surface area contributed by atoms with E-state index in [0.717, 1.165) is 50.0 Å². The van der Waals surface area contributed by atoms with Crippen LogP contribution in [0.15, 0.2) is 24.4 Å². The summed E-state index contributed by atoms with van der Waals surface area (Å²) in [7, 11) is 2.11. The van der Waals surface area contributed by atoms with Gasteiger partial charge in [-0.05, 0) is 26.1 Å². The Bertz CT molecular complexity index is 951. The average molecular weight is 449 g/mol. The molecule has 0 N–H and O–H groups in total. The average Bonchev–Trinajstić information content (AvgIpc) is 2.78. The van der Waals surface area contributed by atoms with E-state index in [1.54, 1.807) is 4.90 Å². The first-order chi connectivity index (χ1) is 15.2. The van der Waals surface area contributed by atoms with E-state index in [0.29, 0.717) is 32.1 Å². The van der Waals surface area contributed by atoms with Gasteiger partial charge >= 0.3 is 6.18 Å². The molecule has 4 heterocycles. The predicted molar refractivity (Wildman–Crippen MR) is 114 cm³/mol. The molecule has 0 atom stereocenters. The number of nitrogens with zero attached hydrogens (tertiary/aromatic N) is 7. The lowest BCUT2D eigenvalue weighted by Crippen LogP contribution is -2.49. The number of rotatable bonds is 3. The second-order valence-electron chi connectivity index (χ2n) is 8.17. The van der Waals surface area contributed by atoms with Gasteiger partial charge in [0.25, 0.3) is 5.91 Å². The van der Waals surface area contributed by atoms with Crippen LogP contribution in [0.4, 0.5) is 24.9 Å². The molecule has 2 fully saturated rings. The van der Waals surface area contributed by atoms with Crippen LogP contribution in [0, 0.1) is 6.92 Å². The van der Waals surface area contributed by atoms with Crippen molar-refractivity contribution >= 4 is 17.7 Å². The van der Waals surface area contributed by atoms with Gasteiger partial charge in [-0.15, -0.1) is 0 Å².